The molecule has 1 unspecified atom stereocenters. The molecule has 0 spiro atoms. The highest BCUT2D eigenvalue weighted by atomic mass is 16.6. The Bertz CT molecular complexity index is 262. The van der Waals surface area contributed by atoms with Crippen LogP contribution in [0.1, 0.15) is 13.3 Å². The van der Waals surface area contributed by atoms with Gasteiger partial charge in [-0.3, -0.25) is 0 Å². The molecule has 0 aromatic carbocycles. The van der Waals surface area contributed by atoms with Gasteiger partial charge in [-0.1, -0.05) is 6.58 Å². The summed E-state index contributed by atoms with van der Waals surface area (Å²) in [5, 5.41) is 0. The van der Waals surface area contributed by atoms with E-state index in [1.807, 2.05) is 0 Å². The summed E-state index contributed by atoms with van der Waals surface area (Å²) >= 11 is 0. The summed E-state index contributed by atoms with van der Waals surface area (Å²) in [5.74, 6) is 0.591. The number of carbonyl (C=O) groups is 2. The van der Waals surface area contributed by atoms with Crippen molar-refractivity contribution in [3.8, 4) is 12.3 Å². The Morgan fingerprint density at radius 1 is 1.64 bits per heavy atom. The molecular weight excluding hydrogens is 184 g/mol. The van der Waals surface area contributed by atoms with E-state index < -0.39 is 11.9 Å². The molecule has 0 aliphatic heterocycles. The Labute approximate surface area is 82.9 Å². The van der Waals surface area contributed by atoms with Crippen molar-refractivity contribution < 1.29 is 19.1 Å². The number of hydrogen-bond acceptors (Lipinski definition) is 4. The van der Waals surface area contributed by atoms with Crippen molar-refractivity contribution in [3.05, 3.63) is 12.7 Å². The number of ether oxygens (including phenoxy) is 2. The van der Waals surface area contributed by atoms with Gasteiger partial charge in [-0.25, -0.2) is 9.59 Å². The summed E-state index contributed by atoms with van der Waals surface area (Å²) in [6.45, 7) is 5.07. The van der Waals surface area contributed by atoms with Crippen molar-refractivity contribution in [2.75, 3.05) is 6.61 Å². The molecule has 0 bridgehead atoms. The molecular formula is C10H12O4. The van der Waals surface area contributed by atoms with Crippen LogP contribution in [0.3, 0.4) is 0 Å². The number of carbonyl (C=O) groups excluding carboxylic acids is 2. The van der Waals surface area contributed by atoms with Crippen molar-refractivity contribution in [3.63, 3.8) is 0 Å². The van der Waals surface area contributed by atoms with Crippen LogP contribution in [0.4, 0.5) is 0 Å². The molecule has 0 aliphatic rings. The summed E-state index contributed by atoms with van der Waals surface area (Å²) < 4.78 is 9.40. The van der Waals surface area contributed by atoms with E-state index in [4.69, 9.17) is 11.2 Å². The summed E-state index contributed by atoms with van der Waals surface area (Å²) in [6.07, 6.45) is 5.92. The fraction of sp³-hybridized carbons (Fsp3) is 0.400. The molecule has 0 saturated heterocycles. The lowest BCUT2D eigenvalue weighted by Gasteiger charge is -2.10. The highest BCUT2D eigenvalue weighted by Gasteiger charge is 2.07. The average molecular weight is 196 g/mol. The molecule has 76 valence electrons. The quantitative estimate of drug-likeness (QED) is 0.281. The first-order chi connectivity index (χ1) is 6.60. The number of esters is 2. The van der Waals surface area contributed by atoms with Gasteiger partial charge in [0.05, 0.1) is 6.61 Å². The van der Waals surface area contributed by atoms with Gasteiger partial charge in [-0.05, 0) is 6.92 Å². The van der Waals surface area contributed by atoms with Crippen LogP contribution in [0.15, 0.2) is 12.7 Å². The lowest BCUT2D eigenvalue weighted by atomic mass is 10.3. The third-order valence-electron chi connectivity index (χ3n) is 1.36. The van der Waals surface area contributed by atoms with Gasteiger partial charge in [-0.15, -0.1) is 6.42 Å². The maximum atomic E-state index is 10.7. The Morgan fingerprint density at radius 3 is 2.79 bits per heavy atom. The molecule has 4 heteroatoms. The molecule has 0 aromatic heterocycles. The minimum atomic E-state index is -0.716. The zero-order valence-electron chi connectivity index (χ0n) is 7.99. The van der Waals surface area contributed by atoms with E-state index in [2.05, 4.69) is 11.3 Å². The van der Waals surface area contributed by atoms with Gasteiger partial charge in [-0.2, -0.15) is 0 Å². The van der Waals surface area contributed by atoms with Gasteiger partial charge >= 0.3 is 11.9 Å². The summed E-state index contributed by atoms with van der Waals surface area (Å²) in [4.78, 5) is 21.2. The van der Waals surface area contributed by atoms with Crippen LogP contribution >= 0.6 is 0 Å². The summed E-state index contributed by atoms with van der Waals surface area (Å²) in [5.41, 5.74) is 0. The molecule has 1 atom stereocenters. The van der Waals surface area contributed by atoms with Crippen LogP contribution in [0, 0.1) is 12.3 Å². The Hall–Kier alpha value is -1.76. The molecule has 0 aromatic rings. The standard InChI is InChI=1S/C10H12O4/c1-4-9(11)13-7-6-8(3)14-10(12)5-2/h1,5,8H,2,6-7H2,3H3. The Kier molecular flexibility index (Phi) is 5.88. The van der Waals surface area contributed by atoms with Gasteiger partial charge in [0.2, 0.25) is 0 Å². The predicted molar refractivity (Wildman–Crippen MR) is 50.2 cm³/mol. The van der Waals surface area contributed by atoms with Gasteiger partial charge in [0.1, 0.15) is 6.10 Å². The Morgan fingerprint density at radius 2 is 2.29 bits per heavy atom. The molecule has 0 saturated carbocycles. The van der Waals surface area contributed by atoms with Gasteiger partial charge in [0, 0.05) is 18.4 Å². The first-order valence-electron chi connectivity index (χ1n) is 4.06. The summed E-state index contributed by atoms with van der Waals surface area (Å²) in [7, 11) is 0. The zero-order valence-corrected chi connectivity index (χ0v) is 7.99. The molecule has 0 N–H and O–H groups in total. The van der Waals surface area contributed by atoms with E-state index in [1.54, 1.807) is 12.8 Å². The molecule has 0 radical (unpaired) electrons. The van der Waals surface area contributed by atoms with Crippen LogP contribution in [0.2, 0.25) is 0 Å². The SMILES string of the molecule is C#CC(=O)OCCC(C)OC(=O)C=C. The lowest BCUT2D eigenvalue weighted by molar-refractivity contribution is -0.144. The average Bonchev–Trinajstić information content (AvgIpc) is 2.17. The second-order valence-corrected chi connectivity index (χ2v) is 2.52. The molecule has 0 fully saturated rings. The first kappa shape index (κ1) is 12.2. The van der Waals surface area contributed by atoms with Crippen molar-refractivity contribution in [2.24, 2.45) is 0 Å². The van der Waals surface area contributed by atoms with Crippen LogP contribution in [0.5, 0.6) is 0 Å². The molecule has 14 heavy (non-hydrogen) atoms. The fourth-order valence-corrected chi connectivity index (χ4v) is 0.665. The Balaban J connectivity index is 3.60. The van der Waals surface area contributed by atoms with Crippen LogP contribution in [-0.4, -0.2) is 24.6 Å². The second kappa shape index (κ2) is 6.72. The highest BCUT2D eigenvalue weighted by molar-refractivity contribution is 5.87. The summed E-state index contributed by atoms with van der Waals surface area (Å²) in [6, 6.07) is 0. The van der Waals surface area contributed by atoms with Gasteiger partial charge in [0.15, 0.2) is 0 Å². The van der Waals surface area contributed by atoms with Crippen molar-refractivity contribution in [2.45, 2.75) is 19.4 Å². The molecule has 4 nitrogen and oxygen atoms in total. The van der Waals surface area contributed by atoms with Gasteiger partial charge < -0.3 is 9.47 Å². The fourth-order valence-electron chi connectivity index (χ4n) is 0.665. The first-order valence-corrected chi connectivity index (χ1v) is 4.06. The zero-order chi connectivity index (χ0) is 11.0. The molecule has 0 aliphatic carbocycles. The van der Waals surface area contributed by atoms with Crippen molar-refractivity contribution in [1.82, 2.24) is 0 Å². The van der Waals surface area contributed by atoms with E-state index in [-0.39, 0.29) is 12.7 Å². The number of terminal acetylenes is 1. The number of hydrogen-bond donors (Lipinski definition) is 0. The molecule has 0 heterocycles. The third-order valence-corrected chi connectivity index (χ3v) is 1.36. The van der Waals surface area contributed by atoms with E-state index in [0.29, 0.717) is 6.42 Å². The maximum absolute atomic E-state index is 10.7. The van der Waals surface area contributed by atoms with E-state index in [0.717, 1.165) is 6.08 Å². The van der Waals surface area contributed by atoms with Crippen molar-refractivity contribution in [1.29, 1.82) is 0 Å². The van der Waals surface area contributed by atoms with E-state index >= 15 is 0 Å². The predicted octanol–water partition coefficient (Wildman–Crippen LogP) is 0.671. The van der Waals surface area contributed by atoms with Crippen LogP contribution in [-0.2, 0) is 19.1 Å². The smallest absolute Gasteiger partial charge is 0.384 e. The number of rotatable bonds is 5. The highest BCUT2D eigenvalue weighted by Crippen LogP contribution is 1.98. The van der Waals surface area contributed by atoms with E-state index in [1.165, 1.54) is 0 Å². The van der Waals surface area contributed by atoms with E-state index in [9.17, 15) is 9.59 Å². The second-order valence-electron chi connectivity index (χ2n) is 2.52. The lowest BCUT2D eigenvalue weighted by Crippen LogP contribution is -2.16. The normalized spacial score (nSPS) is 10.9. The maximum Gasteiger partial charge on any atom is 0.384 e. The molecule has 0 amide bonds. The third kappa shape index (κ3) is 5.84. The van der Waals surface area contributed by atoms with Gasteiger partial charge in [0.25, 0.3) is 0 Å². The minimum absolute atomic E-state index is 0.134. The molecule has 0 rings (SSSR count). The van der Waals surface area contributed by atoms with Crippen LogP contribution < -0.4 is 0 Å². The monoisotopic (exact) mass is 196 g/mol. The van der Waals surface area contributed by atoms with Crippen LogP contribution in [0.25, 0.3) is 0 Å². The van der Waals surface area contributed by atoms with Crippen molar-refractivity contribution >= 4 is 11.9 Å². The largest absolute Gasteiger partial charge is 0.459 e. The minimum Gasteiger partial charge on any atom is -0.459 e. The topological polar surface area (TPSA) is 52.6 Å².